The van der Waals surface area contributed by atoms with E-state index in [0.717, 1.165) is 0 Å². The van der Waals surface area contributed by atoms with E-state index in [1.165, 1.54) is 5.56 Å². The van der Waals surface area contributed by atoms with Crippen LogP contribution in [0.3, 0.4) is 0 Å². The summed E-state index contributed by atoms with van der Waals surface area (Å²) in [4.78, 5) is 4.07. The van der Waals surface area contributed by atoms with Crippen molar-refractivity contribution in [2.45, 2.75) is 12.8 Å². The zero-order valence-electron chi connectivity index (χ0n) is 10.2. The minimum Gasteiger partial charge on any atom is -0.477 e. The molecule has 0 aliphatic carbocycles. The van der Waals surface area contributed by atoms with Gasteiger partial charge in [0.2, 0.25) is 5.88 Å². The van der Waals surface area contributed by atoms with E-state index in [1.807, 2.05) is 24.3 Å². The Morgan fingerprint density at radius 1 is 1.17 bits per heavy atom. The second-order valence-electron chi connectivity index (χ2n) is 4.10. The molecule has 2 aromatic rings. The van der Waals surface area contributed by atoms with E-state index in [2.05, 4.69) is 24.0 Å². The summed E-state index contributed by atoms with van der Waals surface area (Å²) in [5, 5.41) is 8.75. The number of hydrogen-bond acceptors (Lipinski definition) is 3. The quantitative estimate of drug-likeness (QED) is 0.822. The monoisotopic (exact) mass is 238 g/mol. The number of nitriles is 1. The van der Waals surface area contributed by atoms with E-state index >= 15 is 0 Å². The fourth-order valence-corrected chi connectivity index (χ4v) is 1.65. The molecule has 3 nitrogen and oxygen atoms in total. The molecule has 0 aliphatic rings. The summed E-state index contributed by atoms with van der Waals surface area (Å²) >= 11 is 0. The van der Waals surface area contributed by atoms with Gasteiger partial charge in [0.25, 0.3) is 0 Å². The van der Waals surface area contributed by atoms with Crippen LogP contribution in [0, 0.1) is 11.3 Å². The normalized spacial score (nSPS) is 11.6. The van der Waals surface area contributed by atoms with Gasteiger partial charge in [-0.05, 0) is 11.6 Å². The lowest BCUT2D eigenvalue weighted by molar-refractivity contribution is 0.284. The molecule has 0 radical (unpaired) electrons. The van der Waals surface area contributed by atoms with Crippen molar-refractivity contribution in [3.63, 3.8) is 0 Å². The fraction of sp³-hybridized carbons (Fsp3) is 0.200. The molecule has 0 saturated carbocycles. The minimum atomic E-state index is 0.291. The molecule has 1 atom stereocenters. The van der Waals surface area contributed by atoms with Crippen LogP contribution >= 0.6 is 0 Å². The molecule has 18 heavy (non-hydrogen) atoms. The van der Waals surface area contributed by atoms with E-state index in [1.54, 1.807) is 18.2 Å². The molecule has 1 unspecified atom stereocenters. The Hall–Kier alpha value is -2.34. The van der Waals surface area contributed by atoms with Crippen molar-refractivity contribution in [2.24, 2.45) is 0 Å². The first-order valence-corrected chi connectivity index (χ1v) is 5.84. The Bertz CT molecular complexity index is 546. The highest BCUT2D eigenvalue weighted by Gasteiger charge is 2.06. The Labute approximate surface area is 107 Å². The summed E-state index contributed by atoms with van der Waals surface area (Å²) in [5.41, 5.74) is 1.61. The third kappa shape index (κ3) is 3.08. The lowest BCUT2D eigenvalue weighted by atomic mass is 10.0. The summed E-state index contributed by atoms with van der Waals surface area (Å²) in [5.74, 6) is 0.788. The van der Waals surface area contributed by atoms with E-state index in [-0.39, 0.29) is 0 Å². The van der Waals surface area contributed by atoms with Crippen LogP contribution < -0.4 is 4.74 Å². The third-order valence-corrected chi connectivity index (χ3v) is 2.69. The zero-order chi connectivity index (χ0) is 12.8. The van der Waals surface area contributed by atoms with Gasteiger partial charge in [0.05, 0.1) is 6.61 Å². The van der Waals surface area contributed by atoms with Crippen LogP contribution in [0.1, 0.15) is 24.1 Å². The number of aromatic nitrogens is 1. The van der Waals surface area contributed by atoms with Gasteiger partial charge >= 0.3 is 0 Å². The third-order valence-electron chi connectivity index (χ3n) is 2.69. The van der Waals surface area contributed by atoms with Crippen molar-refractivity contribution < 1.29 is 4.74 Å². The smallest absolute Gasteiger partial charge is 0.214 e. The molecule has 1 aromatic carbocycles. The molecule has 0 saturated heterocycles. The van der Waals surface area contributed by atoms with E-state index in [0.29, 0.717) is 24.1 Å². The van der Waals surface area contributed by atoms with Crippen LogP contribution in [-0.4, -0.2) is 11.6 Å². The number of hydrogen-bond donors (Lipinski definition) is 0. The molecule has 0 aliphatic heterocycles. The molecule has 2 rings (SSSR count). The van der Waals surface area contributed by atoms with Crippen molar-refractivity contribution in [3.8, 4) is 11.9 Å². The van der Waals surface area contributed by atoms with Crippen molar-refractivity contribution >= 4 is 0 Å². The summed E-state index contributed by atoms with van der Waals surface area (Å²) in [6, 6.07) is 17.4. The molecule has 0 bridgehead atoms. The van der Waals surface area contributed by atoms with Crippen molar-refractivity contribution in [3.05, 3.63) is 59.8 Å². The molecular weight excluding hydrogens is 224 g/mol. The molecular formula is C15H14N2O. The van der Waals surface area contributed by atoms with Crippen molar-refractivity contribution in [1.29, 1.82) is 5.26 Å². The maximum absolute atomic E-state index is 8.75. The van der Waals surface area contributed by atoms with Crippen LogP contribution in [0.15, 0.2) is 48.5 Å². The number of ether oxygens (including phenoxy) is 1. The van der Waals surface area contributed by atoms with Crippen LogP contribution in [0.4, 0.5) is 0 Å². The highest BCUT2D eigenvalue weighted by atomic mass is 16.5. The molecule has 1 aromatic heterocycles. The highest BCUT2D eigenvalue weighted by molar-refractivity contribution is 5.25. The Morgan fingerprint density at radius 2 is 1.94 bits per heavy atom. The number of benzene rings is 1. The maximum Gasteiger partial charge on any atom is 0.214 e. The van der Waals surface area contributed by atoms with Gasteiger partial charge in [-0.25, -0.2) is 4.98 Å². The van der Waals surface area contributed by atoms with Gasteiger partial charge in [-0.15, -0.1) is 0 Å². The largest absolute Gasteiger partial charge is 0.477 e. The lowest BCUT2D eigenvalue weighted by Gasteiger charge is -2.12. The summed E-state index contributed by atoms with van der Waals surface area (Å²) in [6.45, 7) is 2.65. The van der Waals surface area contributed by atoms with Crippen LogP contribution in [0.25, 0.3) is 0 Å². The fourth-order valence-electron chi connectivity index (χ4n) is 1.65. The van der Waals surface area contributed by atoms with Gasteiger partial charge in [-0.3, -0.25) is 0 Å². The summed E-state index contributed by atoms with van der Waals surface area (Å²) < 4.78 is 5.60. The molecule has 0 N–H and O–H groups in total. The Balaban J connectivity index is 1.97. The maximum atomic E-state index is 8.75. The van der Waals surface area contributed by atoms with Gasteiger partial charge in [-0.1, -0.05) is 43.3 Å². The second-order valence-corrected chi connectivity index (χ2v) is 4.10. The number of nitrogens with zero attached hydrogens (tertiary/aromatic N) is 2. The molecule has 0 spiro atoms. The number of pyridine rings is 1. The highest BCUT2D eigenvalue weighted by Crippen LogP contribution is 2.16. The molecule has 3 heteroatoms. The van der Waals surface area contributed by atoms with Crippen molar-refractivity contribution in [2.75, 3.05) is 6.61 Å². The molecule has 0 fully saturated rings. The minimum absolute atomic E-state index is 0.291. The average Bonchev–Trinajstić information content (AvgIpc) is 2.46. The van der Waals surface area contributed by atoms with Gasteiger partial charge in [-0.2, -0.15) is 5.26 Å². The van der Waals surface area contributed by atoms with E-state index < -0.39 is 0 Å². The van der Waals surface area contributed by atoms with E-state index in [4.69, 9.17) is 10.00 Å². The van der Waals surface area contributed by atoms with Gasteiger partial charge in [0.1, 0.15) is 11.8 Å². The first-order chi connectivity index (χ1) is 8.79. The zero-order valence-corrected chi connectivity index (χ0v) is 10.2. The number of rotatable bonds is 4. The van der Waals surface area contributed by atoms with Crippen LogP contribution in [0.2, 0.25) is 0 Å². The first kappa shape index (κ1) is 12.1. The van der Waals surface area contributed by atoms with E-state index in [9.17, 15) is 0 Å². The van der Waals surface area contributed by atoms with Gasteiger partial charge in [0, 0.05) is 12.0 Å². The van der Waals surface area contributed by atoms with Crippen molar-refractivity contribution in [1.82, 2.24) is 4.98 Å². The SMILES string of the molecule is CC(COc1cccc(C#N)n1)c1ccccc1. The Kier molecular flexibility index (Phi) is 3.93. The Morgan fingerprint density at radius 3 is 2.67 bits per heavy atom. The molecule has 0 amide bonds. The topological polar surface area (TPSA) is 45.9 Å². The van der Waals surface area contributed by atoms with Gasteiger partial charge < -0.3 is 4.74 Å². The molecule has 1 heterocycles. The standard InChI is InChI=1S/C15H14N2O/c1-12(13-6-3-2-4-7-13)11-18-15-9-5-8-14(10-16)17-15/h2-9,12H,11H2,1H3. The van der Waals surface area contributed by atoms with Gasteiger partial charge in [0.15, 0.2) is 0 Å². The summed E-state index contributed by atoms with van der Waals surface area (Å²) in [6.07, 6.45) is 0. The summed E-state index contributed by atoms with van der Waals surface area (Å²) in [7, 11) is 0. The van der Waals surface area contributed by atoms with Crippen LogP contribution in [0.5, 0.6) is 5.88 Å². The second kappa shape index (κ2) is 5.83. The first-order valence-electron chi connectivity index (χ1n) is 5.84. The predicted octanol–water partition coefficient (Wildman–Crippen LogP) is 3.14. The van der Waals surface area contributed by atoms with Crippen LogP contribution in [-0.2, 0) is 0 Å². The average molecular weight is 238 g/mol. The molecule has 90 valence electrons. The predicted molar refractivity (Wildman–Crippen MR) is 69.3 cm³/mol. The lowest BCUT2D eigenvalue weighted by Crippen LogP contribution is -2.08.